The number of nitro benzene ring substituents is 1. The molecule has 0 fully saturated rings. The molecule has 0 N–H and O–H groups in total. The normalized spacial score (nSPS) is 11.6. The van der Waals surface area contributed by atoms with Crippen LogP contribution in [0.25, 0.3) is 10.2 Å². The summed E-state index contributed by atoms with van der Waals surface area (Å²) in [4.78, 5) is 39.0. The van der Waals surface area contributed by atoms with Crippen LogP contribution in [0.2, 0.25) is 5.02 Å². The molecule has 1 aromatic heterocycles. The van der Waals surface area contributed by atoms with Crippen molar-refractivity contribution in [2.45, 2.75) is 13.5 Å². The molecule has 0 atom stereocenters. The number of rotatable bonds is 4. The molecule has 8 nitrogen and oxygen atoms in total. The Kier molecular flexibility index (Phi) is 5.57. The van der Waals surface area contributed by atoms with Crippen LogP contribution in [0, 0.1) is 17.0 Å². The van der Waals surface area contributed by atoms with Crippen LogP contribution >= 0.6 is 22.9 Å². The summed E-state index contributed by atoms with van der Waals surface area (Å²) in [6.07, 6.45) is 0. The topological polar surface area (TPSA) is 104 Å². The lowest BCUT2D eigenvalue weighted by Crippen LogP contribution is -2.22. The Labute approximate surface area is 167 Å². The number of carbonyl (C=O) groups is 2. The standard InChI is InChI=1S/C18H14ClN3O5S/c1-10-13(19)7-8-14-16(10)21(9-15(23)27-2)18(28-14)20-17(24)11-3-5-12(6-4-11)22(25)26/h3-8H,9H2,1-2H3. The number of aromatic nitrogens is 1. The van der Waals surface area contributed by atoms with E-state index in [9.17, 15) is 19.7 Å². The summed E-state index contributed by atoms with van der Waals surface area (Å²) in [6, 6.07) is 8.67. The Morgan fingerprint density at radius 2 is 1.93 bits per heavy atom. The zero-order valence-electron chi connectivity index (χ0n) is 14.8. The summed E-state index contributed by atoms with van der Waals surface area (Å²) in [5.41, 5.74) is 1.52. The summed E-state index contributed by atoms with van der Waals surface area (Å²) in [5.74, 6) is -1.08. The summed E-state index contributed by atoms with van der Waals surface area (Å²) in [6.45, 7) is 1.68. The maximum atomic E-state index is 12.5. The van der Waals surface area contributed by atoms with E-state index in [1.165, 1.54) is 42.7 Å². The van der Waals surface area contributed by atoms with E-state index in [1.54, 1.807) is 16.7 Å². The molecule has 0 bridgehead atoms. The van der Waals surface area contributed by atoms with Crippen LogP contribution < -0.4 is 4.80 Å². The maximum Gasteiger partial charge on any atom is 0.325 e. The van der Waals surface area contributed by atoms with Gasteiger partial charge in [-0.3, -0.25) is 19.7 Å². The van der Waals surface area contributed by atoms with Crippen molar-refractivity contribution in [3.8, 4) is 0 Å². The third-order valence-electron chi connectivity index (χ3n) is 4.07. The van der Waals surface area contributed by atoms with Crippen LogP contribution in [0.5, 0.6) is 0 Å². The quantitative estimate of drug-likeness (QED) is 0.366. The zero-order chi connectivity index (χ0) is 20.4. The second-order valence-corrected chi connectivity index (χ2v) is 7.20. The van der Waals surface area contributed by atoms with E-state index < -0.39 is 16.8 Å². The Balaban J connectivity index is 2.14. The molecule has 3 aromatic rings. The van der Waals surface area contributed by atoms with Crippen molar-refractivity contribution in [1.29, 1.82) is 0 Å². The maximum absolute atomic E-state index is 12.5. The monoisotopic (exact) mass is 419 g/mol. The second-order valence-electron chi connectivity index (χ2n) is 5.79. The number of aryl methyl sites for hydroxylation is 1. The van der Waals surface area contributed by atoms with E-state index in [0.29, 0.717) is 15.3 Å². The number of hydrogen-bond acceptors (Lipinski definition) is 6. The van der Waals surface area contributed by atoms with Gasteiger partial charge in [-0.25, -0.2) is 0 Å². The van der Waals surface area contributed by atoms with Crippen molar-refractivity contribution in [3.05, 3.63) is 67.5 Å². The first-order valence-corrected chi connectivity index (χ1v) is 9.20. The van der Waals surface area contributed by atoms with Gasteiger partial charge in [-0.1, -0.05) is 22.9 Å². The van der Waals surface area contributed by atoms with Crippen LogP contribution in [0.15, 0.2) is 41.4 Å². The van der Waals surface area contributed by atoms with Gasteiger partial charge >= 0.3 is 5.97 Å². The van der Waals surface area contributed by atoms with E-state index in [-0.39, 0.29) is 17.8 Å². The van der Waals surface area contributed by atoms with Crippen LogP contribution in [-0.2, 0) is 16.1 Å². The van der Waals surface area contributed by atoms with Gasteiger partial charge in [-0.2, -0.15) is 4.99 Å². The van der Waals surface area contributed by atoms with Crippen LogP contribution in [0.3, 0.4) is 0 Å². The van der Waals surface area contributed by atoms with Gasteiger partial charge < -0.3 is 9.30 Å². The van der Waals surface area contributed by atoms with E-state index in [2.05, 4.69) is 4.99 Å². The number of nitro groups is 1. The van der Waals surface area contributed by atoms with E-state index >= 15 is 0 Å². The molecule has 0 aliphatic rings. The van der Waals surface area contributed by atoms with Crippen molar-refractivity contribution >= 4 is 50.7 Å². The molecule has 0 spiro atoms. The smallest absolute Gasteiger partial charge is 0.325 e. The Hall–Kier alpha value is -3.04. The molecule has 0 unspecified atom stereocenters. The van der Waals surface area contributed by atoms with Crippen molar-refractivity contribution < 1.29 is 19.2 Å². The number of benzene rings is 2. The highest BCUT2D eigenvalue weighted by atomic mass is 35.5. The fourth-order valence-electron chi connectivity index (χ4n) is 2.62. The lowest BCUT2D eigenvalue weighted by molar-refractivity contribution is -0.384. The van der Waals surface area contributed by atoms with Crippen LogP contribution in [0.4, 0.5) is 5.69 Å². The third-order valence-corrected chi connectivity index (χ3v) is 5.52. The number of ether oxygens (including phenoxy) is 1. The summed E-state index contributed by atoms with van der Waals surface area (Å²) in [7, 11) is 1.27. The molecule has 0 saturated heterocycles. The minimum Gasteiger partial charge on any atom is -0.468 e. The van der Waals surface area contributed by atoms with Crippen molar-refractivity contribution in [2.75, 3.05) is 7.11 Å². The minimum absolute atomic E-state index is 0.121. The Bertz CT molecular complexity index is 1160. The van der Waals surface area contributed by atoms with Gasteiger partial charge in [-0.05, 0) is 36.8 Å². The highest BCUT2D eigenvalue weighted by molar-refractivity contribution is 7.16. The first kappa shape index (κ1) is 19.7. The fourth-order valence-corrected chi connectivity index (χ4v) is 3.86. The molecule has 0 saturated carbocycles. The number of methoxy groups -OCH3 is 1. The number of nitrogens with zero attached hydrogens (tertiary/aromatic N) is 3. The number of esters is 1. The van der Waals surface area contributed by atoms with Gasteiger partial charge in [0.2, 0.25) is 0 Å². The van der Waals surface area contributed by atoms with Gasteiger partial charge in [0.15, 0.2) is 4.80 Å². The lowest BCUT2D eigenvalue weighted by Gasteiger charge is -2.07. The SMILES string of the molecule is COC(=O)Cn1c(=NC(=O)c2ccc([N+](=O)[O-])cc2)sc2ccc(Cl)c(C)c21. The first-order chi connectivity index (χ1) is 13.3. The van der Waals surface area contributed by atoms with Gasteiger partial charge in [-0.15, -0.1) is 0 Å². The lowest BCUT2D eigenvalue weighted by atomic mass is 10.2. The molecule has 1 amide bonds. The van der Waals surface area contributed by atoms with Crippen molar-refractivity contribution in [2.24, 2.45) is 4.99 Å². The molecule has 28 heavy (non-hydrogen) atoms. The number of halogens is 1. The molecule has 0 aliphatic heterocycles. The fraction of sp³-hybridized carbons (Fsp3) is 0.167. The second kappa shape index (κ2) is 7.91. The number of hydrogen-bond donors (Lipinski definition) is 0. The molecule has 0 radical (unpaired) electrons. The van der Waals surface area contributed by atoms with Gasteiger partial charge in [0.25, 0.3) is 11.6 Å². The van der Waals surface area contributed by atoms with Gasteiger partial charge in [0.1, 0.15) is 6.54 Å². The van der Waals surface area contributed by atoms with Crippen molar-refractivity contribution in [3.63, 3.8) is 0 Å². The summed E-state index contributed by atoms with van der Waals surface area (Å²) >= 11 is 7.43. The Morgan fingerprint density at radius 1 is 1.25 bits per heavy atom. The molecule has 144 valence electrons. The molecular weight excluding hydrogens is 406 g/mol. The number of carbonyl (C=O) groups excluding carboxylic acids is 2. The molecular formula is C18H14ClN3O5S. The number of non-ortho nitro benzene ring substituents is 1. The molecule has 10 heteroatoms. The highest BCUT2D eigenvalue weighted by Gasteiger charge is 2.16. The van der Waals surface area contributed by atoms with Crippen LogP contribution in [-0.4, -0.2) is 28.5 Å². The van der Waals surface area contributed by atoms with Gasteiger partial charge in [0.05, 0.1) is 22.2 Å². The average molecular weight is 420 g/mol. The Morgan fingerprint density at radius 3 is 2.54 bits per heavy atom. The number of thiazole rings is 1. The average Bonchev–Trinajstić information content (AvgIpc) is 3.02. The van der Waals surface area contributed by atoms with E-state index in [1.807, 2.05) is 6.92 Å². The minimum atomic E-state index is -0.580. The first-order valence-electron chi connectivity index (χ1n) is 8.00. The van der Waals surface area contributed by atoms with E-state index in [0.717, 1.165) is 10.3 Å². The third kappa shape index (κ3) is 3.80. The zero-order valence-corrected chi connectivity index (χ0v) is 16.4. The molecule has 2 aromatic carbocycles. The largest absolute Gasteiger partial charge is 0.468 e. The molecule has 1 heterocycles. The van der Waals surface area contributed by atoms with Gasteiger partial charge in [0, 0.05) is 22.7 Å². The summed E-state index contributed by atoms with van der Waals surface area (Å²) in [5, 5.41) is 11.3. The predicted molar refractivity (Wildman–Crippen MR) is 105 cm³/mol. The highest BCUT2D eigenvalue weighted by Crippen LogP contribution is 2.27. The predicted octanol–water partition coefficient (Wildman–Crippen LogP) is 3.49. The number of amides is 1. The summed E-state index contributed by atoms with van der Waals surface area (Å²) < 4.78 is 7.13. The molecule has 0 aliphatic carbocycles. The van der Waals surface area contributed by atoms with Crippen LogP contribution in [0.1, 0.15) is 15.9 Å². The molecule has 3 rings (SSSR count). The van der Waals surface area contributed by atoms with Crippen molar-refractivity contribution in [1.82, 2.24) is 4.57 Å². The number of fused-ring (bicyclic) bond motifs is 1. The van der Waals surface area contributed by atoms with E-state index in [4.69, 9.17) is 16.3 Å².